The Labute approximate surface area is 157 Å². The molecule has 1 aliphatic carbocycles. The summed E-state index contributed by atoms with van der Waals surface area (Å²) in [5.74, 6) is 0.00514. The van der Waals surface area contributed by atoms with Crippen molar-refractivity contribution in [2.75, 3.05) is 19.4 Å². The number of anilines is 1. The van der Waals surface area contributed by atoms with Crippen LogP contribution in [0.4, 0.5) is 5.13 Å². The topological polar surface area (TPSA) is 79.4 Å². The normalized spacial score (nSPS) is 17.4. The second-order valence-electron chi connectivity index (χ2n) is 6.32. The number of rotatable bonds is 5. The maximum atomic E-state index is 12.3. The summed E-state index contributed by atoms with van der Waals surface area (Å²) in [5.41, 5.74) is 1.52. The molecule has 3 rings (SSSR count). The first kappa shape index (κ1) is 18.8. The molecule has 138 valence electrons. The van der Waals surface area contributed by atoms with E-state index in [4.69, 9.17) is 0 Å². The molecule has 0 saturated carbocycles. The highest BCUT2D eigenvalue weighted by Gasteiger charge is 2.20. The van der Waals surface area contributed by atoms with Gasteiger partial charge in [-0.05, 0) is 31.4 Å². The van der Waals surface area contributed by atoms with Crippen LogP contribution in [0.25, 0.3) is 11.3 Å². The zero-order chi connectivity index (χ0) is 18.7. The fourth-order valence-corrected chi connectivity index (χ4v) is 4.34. The van der Waals surface area contributed by atoms with Crippen LogP contribution in [0.1, 0.15) is 19.3 Å². The Morgan fingerprint density at radius 2 is 1.96 bits per heavy atom. The number of nitrogens with zero attached hydrogens (tertiary/aromatic N) is 2. The predicted octanol–water partition coefficient (Wildman–Crippen LogP) is 3.36. The van der Waals surface area contributed by atoms with Gasteiger partial charge in [0.25, 0.3) is 0 Å². The number of aromatic nitrogens is 1. The molecule has 1 aromatic heterocycles. The van der Waals surface area contributed by atoms with Crippen LogP contribution in [0.15, 0.2) is 46.7 Å². The number of hydrogen-bond acceptors (Lipinski definition) is 5. The van der Waals surface area contributed by atoms with Gasteiger partial charge in [-0.3, -0.25) is 4.79 Å². The van der Waals surface area contributed by atoms with Gasteiger partial charge in [0.1, 0.15) is 0 Å². The molecule has 1 aliphatic rings. The Morgan fingerprint density at radius 1 is 1.23 bits per heavy atom. The average Bonchev–Trinajstić information content (AvgIpc) is 3.11. The lowest BCUT2D eigenvalue weighted by molar-refractivity contribution is -0.120. The summed E-state index contributed by atoms with van der Waals surface area (Å²) >= 11 is 1.36. The zero-order valence-electron chi connectivity index (χ0n) is 14.7. The molecule has 0 spiro atoms. The zero-order valence-corrected chi connectivity index (χ0v) is 16.3. The van der Waals surface area contributed by atoms with E-state index in [0.29, 0.717) is 10.8 Å². The maximum Gasteiger partial charge on any atom is 0.242 e. The number of benzene rings is 1. The Balaban J connectivity index is 1.71. The number of sulfonamides is 1. The fourth-order valence-electron chi connectivity index (χ4n) is 2.71. The van der Waals surface area contributed by atoms with Gasteiger partial charge in [0.2, 0.25) is 15.9 Å². The molecule has 2 aromatic rings. The highest BCUT2D eigenvalue weighted by Crippen LogP contribution is 2.27. The van der Waals surface area contributed by atoms with Crippen LogP contribution in [0.3, 0.4) is 0 Å². The van der Waals surface area contributed by atoms with Gasteiger partial charge in [-0.15, -0.1) is 11.3 Å². The molecule has 26 heavy (non-hydrogen) atoms. The third-order valence-electron chi connectivity index (χ3n) is 4.30. The van der Waals surface area contributed by atoms with Crippen LogP contribution in [0.2, 0.25) is 0 Å². The Bertz CT molecular complexity index is 915. The Morgan fingerprint density at radius 3 is 2.58 bits per heavy atom. The summed E-state index contributed by atoms with van der Waals surface area (Å²) < 4.78 is 25.4. The second-order valence-corrected chi connectivity index (χ2v) is 9.33. The van der Waals surface area contributed by atoms with Gasteiger partial charge in [0.05, 0.1) is 10.6 Å². The number of carbonyl (C=O) groups is 1. The van der Waals surface area contributed by atoms with Crippen LogP contribution in [0.5, 0.6) is 0 Å². The highest BCUT2D eigenvalue weighted by atomic mass is 32.2. The molecule has 8 heteroatoms. The van der Waals surface area contributed by atoms with Gasteiger partial charge < -0.3 is 5.32 Å². The van der Waals surface area contributed by atoms with Crippen LogP contribution >= 0.6 is 11.3 Å². The molecule has 0 saturated heterocycles. The largest absolute Gasteiger partial charge is 0.302 e. The van der Waals surface area contributed by atoms with Crippen molar-refractivity contribution in [1.29, 1.82) is 0 Å². The van der Waals surface area contributed by atoms with E-state index in [1.165, 1.54) is 29.7 Å². The van der Waals surface area contributed by atoms with Crippen LogP contribution in [0, 0.1) is 5.92 Å². The van der Waals surface area contributed by atoms with E-state index >= 15 is 0 Å². The molecule has 6 nitrogen and oxygen atoms in total. The monoisotopic (exact) mass is 391 g/mol. The molecule has 1 amide bonds. The molecule has 1 atom stereocenters. The molecule has 0 fully saturated rings. The number of hydrogen-bond donors (Lipinski definition) is 1. The lowest BCUT2D eigenvalue weighted by atomic mass is 9.94. The van der Waals surface area contributed by atoms with Gasteiger partial charge in [0.15, 0.2) is 5.13 Å². The smallest absolute Gasteiger partial charge is 0.242 e. The number of nitrogens with one attached hydrogen (secondary N) is 1. The summed E-state index contributed by atoms with van der Waals surface area (Å²) in [7, 11) is -0.445. The average molecular weight is 392 g/mol. The molecule has 0 radical (unpaired) electrons. The van der Waals surface area contributed by atoms with Crippen molar-refractivity contribution in [1.82, 2.24) is 9.29 Å². The predicted molar refractivity (Wildman–Crippen MR) is 104 cm³/mol. The van der Waals surface area contributed by atoms with Crippen LogP contribution < -0.4 is 5.32 Å². The second kappa shape index (κ2) is 7.69. The summed E-state index contributed by atoms with van der Waals surface area (Å²) in [6.45, 7) is 0. The minimum atomic E-state index is -3.45. The van der Waals surface area contributed by atoms with Crippen molar-refractivity contribution in [3.05, 3.63) is 41.8 Å². The third kappa shape index (κ3) is 4.03. The molecule has 1 N–H and O–H groups in total. The number of amides is 1. The third-order valence-corrected chi connectivity index (χ3v) is 6.89. The van der Waals surface area contributed by atoms with Crippen molar-refractivity contribution in [3.8, 4) is 11.3 Å². The first-order chi connectivity index (χ1) is 12.4. The summed E-state index contributed by atoms with van der Waals surface area (Å²) in [4.78, 5) is 17.0. The first-order valence-electron chi connectivity index (χ1n) is 8.32. The maximum absolute atomic E-state index is 12.3. The van der Waals surface area contributed by atoms with Gasteiger partial charge >= 0.3 is 0 Å². The molecular formula is C18H21N3O3S2. The van der Waals surface area contributed by atoms with Crippen LogP contribution in [-0.4, -0.2) is 37.7 Å². The van der Waals surface area contributed by atoms with E-state index in [9.17, 15) is 13.2 Å². The fraction of sp³-hybridized carbons (Fsp3) is 0.333. The minimum absolute atomic E-state index is 0.00248. The number of carbonyl (C=O) groups excluding carboxylic acids is 1. The van der Waals surface area contributed by atoms with Crippen LogP contribution in [-0.2, 0) is 14.8 Å². The van der Waals surface area contributed by atoms with E-state index in [1.54, 1.807) is 24.3 Å². The lowest BCUT2D eigenvalue weighted by Gasteiger charge is -2.15. The molecule has 1 unspecified atom stereocenters. The van der Waals surface area contributed by atoms with Crippen molar-refractivity contribution in [3.63, 3.8) is 0 Å². The molecule has 0 bridgehead atoms. The van der Waals surface area contributed by atoms with Gasteiger partial charge in [-0.25, -0.2) is 17.7 Å². The standard InChI is InChI=1S/C18H21N3O3S2/c1-21(2)26(23,24)15-10-8-13(9-11-15)16-12-25-18(19-16)20-17(22)14-6-4-3-5-7-14/h3-4,8-12,14H,5-7H2,1-2H3,(H,19,20,22). The molecule has 1 aromatic carbocycles. The lowest BCUT2D eigenvalue weighted by Crippen LogP contribution is -2.23. The first-order valence-corrected chi connectivity index (χ1v) is 10.6. The van der Waals surface area contributed by atoms with Crippen molar-refractivity contribution in [2.24, 2.45) is 5.92 Å². The van der Waals surface area contributed by atoms with Crippen molar-refractivity contribution < 1.29 is 13.2 Å². The Hall–Kier alpha value is -2.03. The van der Waals surface area contributed by atoms with E-state index in [2.05, 4.69) is 16.4 Å². The van der Waals surface area contributed by atoms with E-state index < -0.39 is 10.0 Å². The van der Waals surface area contributed by atoms with Gasteiger partial charge in [-0.2, -0.15) is 0 Å². The van der Waals surface area contributed by atoms with Gasteiger partial charge in [0, 0.05) is 31.0 Å². The van der Waals surface area contributed by atoms with E-state index in [1.807, 2.05) is 11.5 Å². The van der Waals surface area contributed by atoms with Crippen molar-refractivity contribution in [2.45, 2.75) is 24.2 Å². The summed E-state index contributed by atoms with van der Waals surface area (Å²) in [6.07, 6.45) is 6.72. The Kier molecular flexibility index (Phi) is 5.55. The highest BCUT2D eigenvalue weighted by molar-refractivity contribution is 7.89. The molecular weight excluding hydrogens is 370 g/mol. The minimum Gasteiger partial charge on any atom is -0.302 e. The SMILES string of the molecule is CN(C)S(=O)(=O)c1ccc(-c2csc(NC(=O)C3CC=CCC3)n2)cc1. The quantitative estimate of drug-likeness (QED) is 0.793. The summed E-state index contributed by atoms with van der Waals surface area (Å²) in [5, 5.41) is 5.30. The number of allylic oxidation sites excluding steroid dienone is 2. The van der Waals surface area contributed by atoms with E-state index in [0.717, 1.165) is 24.8 Å². The van der Waals surface area contributed by atoms with Crippen molar-refractivity contribution >= 4 is 32.4 Å². The molecule has 1 heterocycles. The van der Waals surface area contributed by atoms with E-state index in [-0.39, 0.29) is 16.7 Å². The molecule has 0 aliphatic heterocycles. The summed E-state index contributed by atoms with van der Waals surface area (Å²) in [6, 6.07) is 6.58. The van der Waals surface area contributed by atoms with Gasteiger partial charge in [-0.1, -0.05) is 24.3 Å². The number of thiazole rings is 1.